The molecule has 12 heteroatoms. The number of non-ortho nitro benzene ring substituents is 1. The monoisotopic (exact) mass is 436 g/mol. The summed E-state index contributed by atoms with van der Waals surface area (Å²) in [6.45, 7) is -0.552. The summed E-state index contributed by atoms with van der Waals surface area (Å²) in [7, 11) is 0. The van der Waals surface area contributed by atoms with Crippen LogP contribution in [0.25, 0.3) is 10.2 Å². The molecule has 2 aromatic heterocycles. The number of thiophene rings is 1. The molecule has 3 rings (SSSR count). The minimum absolute atomic E-state index is 0.0311. The number of hydrogen-bond donors (Lipinski definition) is 1. The number of carbonyl (C=O) groups excluding carboxylic acids is 2. The van der Waals surface area contributed by atoms with E-state index in [4.69, 9.17) is 16.3 Å². The molecule has 0 fully saturated rings. The van der Waals surface area contributed by atoms with Crippen molar-refractivity contribution in [2.45, 2.75) is 13.0 Å². The summed E-state index contributed by atoms with van der Waals surface area (Å²) in [6.07, 6.45) is 1.22. The lowest BCUT2D eigenvalue weighted by Gasteiger charge is -2.08. The van der Waals surface area contributed by atoms with Gasteiger partial charge in [0.2, 0.25) is 0 Å². The molecular formula is C17H13ClN4O6S. The van der Waals surface area contributed by atoms with Gasteiger partial charge in [0.15, 0.2) is 6.61 Å². The fourth-order valence-corrected chi connectivity index (χ4v) is 3.28. The van der Waals surface area contributed by atoms with E-state index in [9.17, 15) is 24.5 Å². The number of anilines is 1. The molecule has 3 aromatic rings. The van der Waals surface area contributed by atoms with Crippen molar-refractivity contribution in [3.05, 3.63) is 61.5 Å². The Kier molecular flexibility index (Phi) is 6.20. The van der Waals surface area contributed by atoms with Crippen LogP contribution in [0.4, 0.5) is 11.4 Å². The highest BCUT2D eigenvalue weighted by molar-refractivity contribution is 7.16. The molecule has 10 nitrogen and oxygen atoms in total. The van der Waals surface area contributed by atoms with Gasteiger partial charge in [-0.2, -0.15) is 0 Å². The van der Waals surface area contributed by atoms with E-state index in [1.165, 1.54) is 34.4 Å². The number of benzene rings is 1. The number of amides is 1. The molecule has 0 radical (unpaired) electrons. The lowest BCUT2D eigenvalue weighted by molar-refractivity contribution is -0.384. The first-order chi connectivity index (χ1) is 13.8. The van der Waals surface area contributed by atoms with E-state index in [0.29, 0.717) is 10.2 Å². The Hall–Kier alpha value is -3.31. The van der Waals surface area contributed by atoms with E-state index >= 15 is 0 Å². The van der Waals surface area contributed by atoms with Crippen molar-refractivity contribution in [2.75, 3.05) is 11.9 Å². The smallest absolute Gasteiger partial charge is 0.308 e. The zero-order valence-corrected chi connectivity index (χ0v) is 16.2. The number of nitro benzene ring substituents is 1. The highest BCUT2D eigenvalue weighted by Crippen LogP contribution is 2.26. The van der Waals surface area contributed by atoms with E-state index in [2.05, 4.69) is 10.3 Å². The third-order valence-electron chi connectivity index (χ3n) is 3.81. The number of hydrogen-bond acceptors (Lipinski definition) is 8. The molecule has 1 amide bonds. The van der Waals surface area contributed by atoms with Gasteiger partial charge in [-0.3, -0.25) is 29.1 Å². The van der Waals surface area contributed by atoms with Crippen LogP contribution in [-0.2, 0) is 20.9 Å². The number of carbonyl (C=O) groups is 2. The van der Waals surface area contributed by atoms with Crippen LogP contribution in [0.2, 0.25) is 5.02 Å². The minimum Gasteiger partial charge on any atom is -0.456 e. The van der Waals surface area contributed by atoms with Gasteiger partial charge < -0.3 is 10.1 Å². The second kappa shape index (κ2) is 8.80. The second-order valence-corrected chi connectivity index (χ2v) is 7.06. The molecule has 0 saturated carbocycles. The van der Waals surface area contributed by atoms with Gasteiger partial charge in [0, 0.05) is 18.7 Å². The number of halogens is 1. The summed E-state index contributed by atoms with van der Waals surface area (Å²) < 4.78 is 6.16. The van der Waals surface area contributed by atoms with Crippen LogP contribution in [0.15, 0.2) is 40.8 Å². The first-order valence-corrected chi connectivity index (χ1v) is 9.43. The number of esters is 1. The van der Waals surface area contributed by atoms with Gasteiger partial charge in [-0.15, -0.1) is 11.3 Å². The van der Waals surface area contributed by atoms with Crippen LogP contribution in [0.5, 0.6) is 0 Å². The highest BCUT2D eigenvalue weighted by Gasteiger charge is 2.14. The van der Waals surface area contributed by atoms with Crippen LogP contribution in [0, 0.1) is 10.1 Å². The molecule has 0 aliphatic rings. The highest BCUT2D eigenvalue weighted by atomic mass is 35.5. The zero-order chi connectivity index (χ0) is 21.0. The van der Waals surface area contributed by atoms with Crippen molar-refractivity contribution in [1.82, 2.24) is 9.55 Å². The van der Waals surface area contributed by atoms with Gasteiger partial charge in [0.1, 0.15) is 4.83 Å². The van der Waals surface area contributed by atoms with E-state index in [1.54, 1.807) is 11.4 Å². The molecule has 0 bridgehead atoms. The molecular weight excluding hydrogens is 424 g/mol. The number of aromatic nitrogens is 2. The third kappa shape index (κ3) is 4.95. The fourth-order valence-electron chi connectivity index (χ4n) is 2.39. The van der Waals surface area contributed by atoms with E-state index in [1.807, 2.05) is 0 Å². The number of nitrogens with zero attached hydrogens (tertiary/aromatic N) is 3. The van der Waals surface area contributed by atoms with Crippen molar-refractivity contribution in [2.24, 2.45) is 0 Å². The van der Waals surface area contributed by atoms with Crippen LogP contribution in [0.1, 0.15) is 6.42 Å². The Labute approximate surface area is 171 Å². The maximum atomic E-state index is 12.2. The first kappa shape index (κ1) is 20.4. The quantitative estimate of drug-likeness (QED) is 0.341. The van der Waals surface area contributed by atoms with E-state index in [0.717, 1.165) is 6.07 Å². The molecule has 1 aromatic carbocycles. The third-order valence-corrected chi connectivity index (χ3v) is 4.96. The Balaban J connectivity index is 1.52. The maximum Gasteiger partial charge on any atom is 0.308 e. The molecule has 29 heavy (non-hydrogen) atoms. The first-order valence-electron chi connectivity index (χ1n) is 8.17. The molecule has 2 heterocycles. The Morgan fingerprint density at radius 1 is 1.34 bits per heavy atom. The van der Waals surface area contributed by atoms with Crippen molar-refractivity contribution < 1.29 is 19.2 Å². The summed E-state index contributed by atoms with van der Waals surface area (Å²) in [5.41, 5.74) is -0.478. The van der Waals surface area contributed by atoms with Crippen LogP contribution < -0.4 is 10.9 Å². The molecule has 1 N–H and O–H groups in total. The van der Waals surface area contributed by atoms with Gasteiger partial charge in [-0.05, 0) is 17.5 Å². The molecule has 0 aliphatic carbocycles. The van der Waals surface area contributed by atoms with E-state index < -0.39 is 23.4 Å². The van der Waals surface area contributed by atoms with Gasteiger partial charge in [0.05, 0.1) is 33.8 Å². The minimum atomic E-state index is -0.709. The molecule has 0 atom stereocenters. The lowest BCUT2D eigenvalue weighted by Crippen LogP contribution is -2.24. The number of aryl methyl sites for hydroxylation is 1. The van der Waals surface area contributed by atoms with Gasteiger partial charge >= 0.3 is 5.97 Å². The largest absolute Gasteiger partial charge is 0.456 e. The number of nitrogens with one attached hydrogen (secondary N) is 1. The Bertz CT molecular complexity index is 1160. The average molecular weight is 437 g/mol. The SMILES string of the molecule is O=C(COC(=O)CCn1cnc2sccc2c1=O)Nc1cc([N+](=O)[O-])ccc1Cl. The molecule has 0 unspecified atom stereocenters. The Morgan fingerprint density at radius 3 is 2.90 bits per heavy atom. The summed E-state index contributed by atoms with van der Waals surface area (Å²) >= 11 is 7.23. The van der Waals surface area contributed by atoms with Crippen molar-refractivity contribution in [3.63, 3.8) is 0 Å². The topological polar surface area (TPSA) is 133 Å². The Morgan fingerprint density at radius 2 is 2.14 bits per heavy atom. The van der Waals surface area contributed by atoms with Crippen LogP contribution in [0.3, 0.4) is 0 Å². The van der Waals surface area contributed by atoms with Gasteiger partial charge in [-0.25, -0.2) is 4.98 Å². The standard InChI is InChI=1S/C17H13ClN4O6S/c18-12-2-1-10(22(26)27)7-13(12)20-14(23)8-28-15(24)3-5-21-9-19-16-11(17(21)25)4-6-29-16/h1-2,4,6-7,9H,3,5,8H2,(H,20,23). The molecule has 0 spiro atoms. The predicted octanol–water partition coefficient (Wildman–Crippen LogP) is 2.59. The maximum absolute atomic E-state index is 12.2. The lowest BCUT2D eigenvalue weighted by atomic mass is 10.3. The number of rotatable bonds is 7. The number of nitro groups is 1. The molecule has 150 valence electrons. The number of fused-ring (bicyclic) bond motifs is 1. The summed E-state index contributed by atoms with van der Waals surface area (Å²) in [5, 5.41) is 15.5. The molecule has 0 saturated heterocycles. The van der Waals surface area contributed by atoms with Crippen LogP contribution >= 0.6 is 22.9 Å². The van der Waals surface area contributed by atoms with Crippen molar-refractivity contribution in [3.8, 4) is 0 Å². The predicted molar refractivity (Wildman–Crippen MR) is 106 cm³/mol. The second-order valence-electron chi connectivity index (χ2n) is 5.76. The average Bonchev–Trinajstić information content (AvgIpc) is 3.17. The summed E-state index contributed by atoms with van der Waals surface area (Å²) in [4.78, 5) is 50.9. The van der Waals surface area contributed by atoms with E-state index in [-0.39, 0.29) is 34.9 Å². The van der Waals surface area contributed by atoms with Gasteiger partial charge in [0.25, 0.3) is 17.2 Å². The van der Waals surface area contributed by atoms with Crippen molar-refractivity contribution >= 4 is 56.4 Å². The normalized spacial score (nSPS) is 10.7. The summed E-state index contributed by atoms with van der Waals surface area (Å²) in [5.74, 6) is -1.40. The van der Waals surface area contributed by atoms with Crippen LogP contribution in [-0.4, -0.2) is 33.0 Å². The number of ether oxygens (including phenoxy) is 1. The van der Waals surface area contributed by atoms with Gasteiger partial charge in [-0.1, -0.05) is 11.6 Å². The molecule has 0 aliphatic heterocycles. The zero-order valence-electron chi connectivity index (χ0n) is 14.7. The summed E-state index contributed by atoms with van der Waals surface area (Å²) in [6, 6.07) is 5.23. The van der Waals surface area contributed by atoms with Crippen molar-refractivity contribution in [1.29, 1.82) is 0 Å². The fraction of sp³-hybridized carbons (Fsp3) is 0.176.